The molecule has 0 aliphatic carbocycles. The number of nitrogens with zero attached hydrogens (tertiary/aromatic N) is 2. The summed E-state index contributed by atoms with van der Waals surface area (Å²) in [5.41, 5.74) is 1.22. The van der Waals surface area contributed by atoms with Gasteiger partial charge in [-0.2, -0.15) is 0 Å². The van der Waals surface area contributed by atoms with Crippen molar-refractivity contribution >= 4 is 5.91 Å². The fourth-order valence-electron chi connectivity index (χ4n) is 2.33. The van der Waals surface area contributed by atoms with E-state index in [0.29, 0.717) is 6.42 Å². The number of ether oxygens (including phenoxy) is 1. The average molecular weight is 276 g/mol. The molecule has 0 radical (unpaired) electrons. The number of carbonyl (C=O) groups is 1. The monoisotopic (exact) mass is 276 g/mol. The standard InChI is InChI=1S/C16H24N2O2/c1-17(9-10-18-11-13-20-14-12-18)16(19)8-7-15-5-3-2-4-6-15/h2-6H,7-14H2,1H3. The Bertz CT molecular complexity index is 402. The van der Waals surface area contributed by atoms with Gasteiger partial charge in [-0.15, -0.1) is 0 Å². The summed E-state index contributed by atoms with van der Waals surface area (Å²) < 4.78 is 5.32. The second-order valence-electron chi connectivity index (χ2n) is 5.25. The van der Waals surface area contributed by atoms with Gasteiger partial charge >= 0.3 is 0 Å². The fraction of sp³-hybridized carbons (Fsp3) is 0.562. The number of aryl methyl sites for hydroxylation is 1. The van der Waals surface area contributed by atoms with Gasteiger partial charge < -0.3 is 9.64 Å². The van der Waals surface area contributed by atoms with Crippen molar-refractivity contribution in [3.05, 3.63) is 35.9 Å². The molecule has 1 aromatic carbocycles. The van der Waals surface area contributed by atoms with Crippen LogP contribution in [0.25, 0.3) is 0 Å². The van der Waals surface area contributed by atoms with Crippen LogP contribution in [0.5, 0.6) is 0 Å². The van der Waals surface area contributed by atoms with Crippen LogP contribution in [0.4, 0.5) is 0 Å². The molecule has 0 N–H and O–H groups in total. The van der Waals surface area contributed by atoms with E-state index in [0.717, 1.165) is 45.8 Å². The number of amides is 1. The third-order valence-corrected chi connectivity index (χ3v) is 3.75. The Kier molecular flexibility index (Phi) is 6.02. The third kappa shape index (κ3) is 4.94. The summed E-state index contributed by atoms with van der Waals surface area (Å²) in [7, 11) is 1.90. The Labute approximate surface area is 121 Å². The second kappa shape index (κ2) is 8.02. The highest BCUT2D eigenvalue weighted by atomic mass is 16.5. The summed E-state index contributed by atoms with van der Waals surface area (Å²) in [5.74, 6) is 0.224. The van der Waals surface area contributed by atoms with Crippen molar-refractivity contribution in [1.29, 1.82) is 0 Å². The lowest BCUT2D eigenvalue weighted by Crippen LogP contribution is -2.41. The number of rotatable bonds is 6. The van der Waals surface area contributed by atoms with Gasteiger partial charge in [0.15, 0.2) is 0 Å². The second-order valence-corrected chi connectivity index (χ2v) is 5.25. The zero-order valence-corrected chi connectivity index (χ0v) is 12.3. The highest BCUT2D eigenvalue weighted by molar-refractivity contribution is 5.76. The van der Waals surface area contributed by atoms with Gasteiger partial charge in [0, 0.05) is 39.6 Å². The first-order valence-corrected chi connectivity index (χ1v) is 7.33. The Hall–Kier alpha value is -1.39. The molecule has 0 unspecified atom stereocenters. The van der Waals surface area contributed by atoms with Gasteiger partial charge in [0.1, 0.15) is 0 Å². The van der Waals surface area contributed by atoms with E-state index in [4.69, 9.17) is 4.74 Å². The molecule has 1 aliphatic heterocycles. The molecule has 2 rings (SSSR count). The highest BCUT2D eigenvalue weighted by Crippen LogP contribution is 2.04. The molecule has 1 aromatic rings. The predicted molar refractivity (Wildman–Crippen MR) is 79.7 cm³/mol. The predicted octanol–water partition coefficient (Wildman–Crippen LogP) is 1.41. The van der Waals surface area contributed by atoms with E-state index in [1.54, 1.807) is 0 Å². The topological polar surface area (TPSA) is 32.8 Å². The quantitative estimate of drug-likeness (QED) is 0.787. The lowest BCUT2D eigenvalue weighted by molar-refractivity contribution is -0.130. The molecule has 0 atom stereocenters. The van der Waals surface area contributed by atoms with E-state index in [1.165, 1.54) is 5.56 Å². The lowest BCUT2D eigenvalue weighted by atomic mass is 10.1. The number of hydrogen-bond acceptors (Lipinski definition) is 3. The van der Waals surface area contributed by atoms with Crippen molar-refractivity contribution in [2.75, 3.05) is 46.4 Å². The first-order chi connectivity index (χ1) is 9.75. The van der Waals surface area contributed by atoms with Crippen molar-refractivity contribution in [3.63, 3.8) is 0 Å². The molecule has 4 heteroatoms. The third-order valence-electron chi connectivity index (χ3n) is 3.75. The van der Waals surface area contributed by atoms with Gasteiger partial charge in [-0.3, -0.25) is 9.69 Å². The van der Waals surface area contributed by atoms with Crippen LogP contribution in [0.2, 0.25) is 0 Å². The van der Waals surface area contributed by atoms with Gasteiger partial charge in [-0.05, 0) is 12.0 Å². The first-order valence-electron chi connectivity index (χ1n) is 7.33. The summed E-state index contributed by atoms with van der Waals surface area (Å²) in [5, 5.41) is 0. The van der Waals surface area contributed by atoms with Crippen molar-refractivity contribution in [2.24, 2.45) is 0 Å². The summed E-state index contributed by atoms with van der Waals surface area (Å²) in [6, 6.07) is 10.2. The van der Waals surface area contributed by atoms with Crippen molar-refractivity contribution in [1.82, 2.24) is 9.80 Å². The number of morpholine rings is 1. The zero-order chi connectivity index (χ0) is 14.2. The summed E-state index contributed by atoms with van der Waals surface area (Å²) >= 11 is 0. The Morgan fingerprint density at radius 2 is 1.95 bits per heavy atom. The van der Waals surface area contributed by atoms with Crippen LogP contribution < -0.4 is 0 Å². The van der Waals surface area contributed by atoms with E-state index in [9.17, 15) is 4.79 Å². The summed E-state index contributed by atoms with van der Waals surface area (Å²) in [6.45, 7) is 5.32. The maximum absolute atomic E-state index is 12.1. The van der Waals surface area contributed by atoms with E-state index in [-0.39, 0.29) is 5.91 Å². The van der Waals surface area contributed by atoms with Gasteiger partial charge in [-0.25, -0.2) is 0 Å². The van der Waals surface area contributed by atoms with E-state index in [1.807, 2.05) is 30.1 Å². The number of likely N-dealkylation sites (N-methyl/N-ethyl adjacent to an activating group) is 1. The maximum Gasteiger partial charge on any atom is 0.222 e. The molecule has 0 aromatic heterocycles. The molecule has 110 valence electrons. The molecule has 1 heterocycles. The smallest absolute Gasteiger partial charge is 0.222 e. The number of hydrogen-bond donors (Lipinski definition) is 0. The van der Waals surface area contributed by atoms with Gasteiger partial charge in [-0.1, -0.05) is 30.3 Å². The summed E-state index contributed by atoms with van der Waals surface area (Å²) in [4.78, 5) is 16.3. The van der Waals surface area contributed by atoms with E-state index < -0.39 is 0 Å². The Balaban J connectivity index is 1.66. The molecule has 0 saturated carbocycles. The van der Waals surface area contributed by atoms with Crippen molar-refractivity contribution in [3.8, 4) is 0 Å². The van der Waals surface area contributed by atoms with Crippen LogP contribution >= 0.6 is 0 Å². The molecule has 20 heavy (non-hydrogen) atoms. The average Bonchev–Trinajstić information content (AvgIpc) is 2.52. The van der Waals surface area contributed by atoms with Crippen LogP contribution in [0, 0.1) is 0 Å². The van der Waals surface area contributed by atoms with Crippen LogP contribution in [-0.4, -0.2) is 62.1 Å². The molecular formula is C16H24N2O2. The zero-order valence-electron chi connectivity index (χ0n) is 12.3. The summed E-state index contributed by atoms with van der Waals surface area (Å²) in [6.07, 6.45) is 1.41. The van der Waals surface area contributed by atoms with Crippen LogP contribution in [0.3, 0.4) is 0 Å². The van der Waals surface area contributed by atoms with Gasteiger partial charge in [0.05, 0.1) is 13.2 Å². The van der Waals surface area contributed by atoms with Crippen molar-refractivity contribution < 1.29 is 9.53 Å². The molecule has 4 nitrogen and oxygen atoms in total. The van der Waals surface area contributed by atoms with E-state index >= 15 is 0 Å². The van der Waals surface area contributed by atoms with Gasteiger partial charge in [0.25, 0.3) is 0 Å². The normalized spacial score (nSPS) is 16.1. The largest absolute Gasteiger partial charge is 0.379 e. The van der Waals surface area contributed by atoms with Crippen LogP contribution in [-0.2, 0) is 16.0 Å². The lowest BCUT2D eigenvalue weighted by Gasteiger charge is -2.28. The molecule has 1 fully saturated rings. The Morgan fingerprint density at radius 3 is 2.65 bits per heavy atom. The minimum atomic E-state index is 0.224. The minimum Gasteiger partial charge on any atom is -0.379 e. The molecule has 1 amide bonds. The molecule has 1 aliphatic rings. The maximum atomic E-state index is 12.1. The molecule has 0 bridgehead atoms. The SMILES string of the molecule is CN(CCN1CCOCC1)C(=O)CCc1ccccc1. The van der Waals surface area contributed by atoms with Gasteiger partial charge in [0.2, 0.25) is 5.91 Å². The molecule has 0 spiro atoms. The van der Waals surface area contributed by atoms with Crippen LogP contribution in [0.1, 0.15) is 12.0 Å². The number of carbonyl (C=O) groups excluding carboxylic acids is 1. The minimum absolute atomic E-state index is 0.224. The molecular weight excluding hydrogens is 252 g/mol. The van der Waals surface area contributed by atoms with Crippen LogP contribution in [0.15, 0.2) is 30.3 Å². The van der Waals surface area contributed by atoms with E-state index in [2.05, 4.69) is 17.0 Å². The highest BCUT2D eigenvalue weighted by Gasteiger charge is 2.13. The number of benzene rings is 1. The molecule has 1 saturated heterocycles. The fourth-order valence-corrected chi connectivity index (χ4v) is 2.33. The van der Waals surface area contributed by atoms with Crippen molar-refractivity contribution in [2.45, 2.75) is 12.8 Å². The first kappa shape index (κ1) is 15.0. The Morgan fingerprint density at radius 1 is 1.25 bits per heavy atom.